The van der Waals surface area contributed by atoms with Crippen molar-refractivity contribution >= 4 is 11.6 Å². The first-order chi connectivity index (χ1) is 14.1. The first-order valence-electron chi connectivity index (χ1n) is 9.86. The summed E-state index contributed by atoms with van der Waals surface area (Å²) in [5.41, 5.74) is 1.63. The second kappa shape index (κ2) is 8.38. The van der Waals surface area contributed by atoms with Gasteiger partial charge in [-0.3, -0.25) is 9.78 Å². The average molecular weight is 391 g/mol. The van der Waals surface area contributed by atoms with Gasteiger partial charge in [-0.25, -0.2) is 14.6 Å². The summed E-state index contributed by atoms with van der Waals surface area (Å²) in [5, 5.41) is 8.13. The van der Waals surface area contributed by atoms with Gasteiger partial charge in [0.15, 0.2) is 0 Å². The Balaban J connectivity index is 1.43. The average Bonchev–Trinajstić information content (AvgIpc) is 2.75. The molecule has 0 amide bonds. The number of rotatable bonds is 5. The van der Waals surface area contributed by atoms with Gasteiger partial charge in [-0.1, -0.05) is 0 Å². The molecule has 3 heterocycles. The van der Waals surface area contributed by atoms with Crippen LogP contribution in [0.1, 0.15) is 31.7 Å². The van der Waals surface area contributed by atoms with Crippen LogP contribution in [0.2, 0.25) is 0 Å². The Kier molecular flexibility index (Phi) is 5.50. The van der Waals surface area contributed by atoms with Crippen molar-refractivity contribution in [2.75, 3.05) is 24.3 Å². The van der Waals surface area contributed by atoms with Gasteiger partial charge in [0.2, 0.25) is 0 Å². The zero-order valence-corrected chi connectivity index (χ0v) is 16.7. The summed E-state index contributed by atoms with van der Waals surface area (Å²) in [7, 11) is 3.92. The van der Waals surface area contributed by atoms with Crippen molar-refractivity contribution in [2.45, 2.75) is 37.8 Å². The van der Waals surface area contributed by atoms with Gasteiger partial charge in [-0.15, -0.1) is 0 Å². The predicted molar refractivity (Wildman–Crippen MR) is 113 cm³/mol. The summed E-state index contributed by atoms with van der Waals surface area (Å²) < 4.78 is 1.65. The van der Waals surface area contributed by atoms with E-state index in [0.29, 0.717) is 6.04 Å². The highest BCUT2D eigenvalue weighted by Gasteiger charge is 2.24. The van der Waals surface area contributed by atoms with E-state index in [1.54, 1.807) is 35.5 Å². The summed E-state index contributed by atoms with van der Waals surface area (Å²) in [4.78, 5) is 27.1. The molecule has 0 aliphatic heterocycles. The van der Waals surface area contributed by atoms with Gasteiger partial charge in [0.1, 0.15) is 18.0 Å². The van der Waals surface area contributed by atoms with Gasteiger partial charge in [-0.2, -0.15) is 5.10 Å². The second-order valence-electron chi connectivity index (χ2n) is 7.55. The van der Waals surface area contributed by atoms with Crippen molar-refractivity contribution in [1.29, 1.82) is 0 Å². The Hall–Kier alpha value is -3.29. The summed E-state index contributed by atoms with van der Waals surface area (Å²) in [6.45, 7) is 0. The summed E-state index contributed by atoms with van der Waals surface area (Å²) in [6, 6.07) is 9.58. The van der Waals surface area contributed by atoms with Crippen molar-refractivity contribution in [2.24, 2.45) is 0 Å². The fourth-order valence-electron chi connectivity index (χ4n) is 3.70. The van der Waals surface area contributed by atoms with E-state index in [2.05, 4.69) is 25.4 Å². The van der Waals surface area contributed by atoms with Crippen LogP contribution in [0.4, 0.5) is 11.6 Å². The highest BCUT2D eigenvalue weighted by Crippen LogP contribution is 2.29. The van der Waals surface area contributed by atoms with Crippen LogP contribution in [0, 0.1) is 0 Å². The lowest BCUT2D eigenvalue weighted by atomic mass is 9.91. The zero-order chi connectivity index (χ0) is 20.2. The van der Waals surface area contributed by atoms with Crippen LogP contribution in [-0.2, 0) is 0 Å². The number of pyridine rings is 1. The second-order valence-corrected chi connectivity index (χ2v) is 7.55. The summed E-state index contributed by atoms with van der Waals surface area (Å²) in [6.07, 6.45) is 8.78. The third-order valence-corrected chi connectivity index (χ3v) is 5.29. The number of nitrogens with zero attached hydrogens (tertiary/aromatic N) is 6. The van der Waals surface area contributed by atoms with Crippen LogP contribution in [0.25, 0.3) is 11.3 Å². The molecule has 0 bridgehead atoms. The number of hydrogen-bond donors (Lipinski definition) is 1. The summed E-state index contributed by atoms with van der Waals surface area (Å²) in [5.74, 6) is 1.71. The van der Waals surface area contributed by atoms with Gasteiger partial charge < -0.3 is 10.2 Å². The molecule has 0 radical (unpaired) electrons. The van der Waals surface area contributed by atoms with Crippen LogP contribution in [0.3, 0.4) is 0 Å². The van der Waals surface area contributed by atoms with Crippen molar-refractivity contribution in [3.8, 4) is 11.3 Å². The first kappa shape index (κ1) is 19.0. The minimum absolute atomic E-state index is 0.0551. The Bertz CT molecular complexity index is 1010. The molecule has 0 aromatic carbocycles. The largest absolute Gasteiger partial charge is 0.367 e. The Morgan fingerprint density at radius 2 is 1.93 bits per heavy atom. The van der Waals surface area contributed by atoms with Crippen LogP contribution in [-0.4, -0.2) is 44.9 Å². The molecule has 29 heavy (non-hydrogen) atoms. The third-order valence-electron chi connectivity index (χ3n) is 5.29. The van der Waals surface area contributed by atoms with Crippen molar-refractivity contribution in [3.05, 3.63) is 59.4 Å². The van der Waals surface area contributed by atoms with Crippen molar-refractivity contribution < 1.29 is 0 Å². The highest BCUT2D eigenvalue weighted by molar-refractivity contribution is 5.56. The molecular weight excluding hydrogens is 366 g/mol. The zero-order valence-electron chi connectivity index (χ0n) is 16.7. The number of anilines is 2. The fourth-order valence-corrected chi connectivity index (χ4v) is 3.70. The molecule has 1 aliphatic rings. The molecule has 0 spiro atoms. The first-order valence-corrected chi connectivity index (χ1v) is 9.86. The van der Waals surface area contributed by atoms with E-state index in [9.17, 15) is 4.79 Å². The molecular formula is C21H25N7O. The lowest BCUT2D eigenvalue weighted by Gasteiger charge is -2.30. The predicted octanol–water partition coefficient (Wildman–Crippen LogP) is 2.76. The van der Waals surface area contributed by atoms with Gasteiger partial charge in [0.25, 0.3) is 5.56 Å². The molecule has 150 valence electrons. The summed E-state index contributed by atoms with van der Waals surface area (Å²) >= 11 is 0. The molecule has 8 heteroatoms. The molecule has 4 rings (SSSR count). The maximum atomic E-state index is 12.4. The molecule has 1 fully saturated rings. The van der Waals surface area contributed by atoms with Crippen molar-refractivity contribution in [1.82, 2.24) is 24.7 Å². The van der Waals surface area contributed by atoms with Crippen molar-refractivity contribution in [3.63, 3.8) is 0 Å². The van der Waals surface area contributed by atoms with Gasteiger partial charge in [-0.05, 0) is 43.9 Å². The monoisotopic (exact) mass is 391 g/mol. The third kappa shape index (κ3) is 4.42. The van der Waals surface area contributed by atoms with E-state index < -0.39 is 0 Å². The number of hydrogen-bond acceptors (Lipinski definition) is 7. The molecule has 1 aliphatic carbocycles. The van der Waals surface area contributed by atoms with E-state index in [-0.39, 0.29) is 11.6 Å². The van der Waals surface area contributed by atoms with E-state index in [1.165, 1.54) is 0 Å². The van der Waals surface area contributed by atoms with E-state index in [4.69, 9.17) is 0 Å². The standard InChI is InChI=1S/C21H25N7O/c1-27(2)20-12-19(23-14-24-20)25-16-5-7-17(8-6-16)28-21(29)10-9-18(26-28)15-4-3-11-22-13-15/h3-4,9-14,16-17H,5-8H2,1-2H3,(H,23,24,25). The molecule has 0 saturated heterocycles. The molecule has 3 aromatic rings. The van der Waals surface area contributed by atoms with Crippen LogP contribution in [0.15, 0.2) is 53.8 Å². The van der Waals surface area contributed by atoms with E-state index in [0.717, 1.165) is 48.6 Å². The van der Waals surface area contributed by atoms with Crippen LogP contribution < -0.4 is 15.8 Å². The molecule has 1 saturated carbocycles. The Labute approximate surface area is 169 Å². The minimum Gasteiger partial charge on any atom is -0.367 e. The topological polar surface area (TPSA) is 88.8 Å². The number of nitrogens with one attached hydrogen (secondary N) is 1. The maximum absolute atomic E-state index is 12.4. The van der Waals surface area contributed by atoms with Gasteiger partial charge in [0, 0.05) is 50.2 Å². The Morgan fingerprint density at radius 1 is 1.10 bits per heavy atom. The van der Waals surface area contributed by atoms with E-state index >= 15 is 0 Å². The quantitative estimate of drug-likeness (QED) is 0.715. The fraction of sp³-hybridized carbons (Fsp3) is 0.381. The lowest BCUT2D eigenvalue weighted by molar-refractivity contribution is 0.304. The smallest absolute Gasteiger partial charge is 0.267 e. The van der Waals surface area contributed by atoms with Gasteiger partial charge >= 0.3 is 0 Å². The molecule has 8 nitrogen and oxygen atoms in total. The molecule has 0 unspecified atom stereocenters. The maximum Gasteiger partial charge on any atom is 0.267 e. The van der Waals surface area contributed by atoms with Crippen LogP contribution in [0.5, 0.6) is 0 Å². The highest BCUT2D eigenvalue weighted by atomic mass is 16.1. The molecule has 0 atom stereocenters. The SMILES string of the molecule is CN(C)c1cc(NC2CCC(n3nc(-c4cccnc4)ccc3=O)CC2)ncn1. The Morgan fingerprint density at radius 3 is 2.66 bits per heavy atom. The normalized spacial score (nSPS) is 19.0. The van der Waals surface area contributed by atoms with Crippen LogP contribution >= 0.6 is 0 Å². The van der Waals surface area contributed by atoms with Gasteiger partial charge in [0.05, 0.1) is 11.7 Å². The molecule has 1 N–H and O–H groups in total. The lowest BCUT2D eigenvalue weighted by Crippen LogP contribution is -2.33. The number of aromatic nitrogens is 5. The molecule has 3 aromatic heterocycles. The van der Waals surface area contributed by atoms with E-state index in [1.807, 2.05) is 37.2 Å². The minimum atomic E-state index is -0.0551.